The molecule has 180 valence electrons. The van der Waals surface area contributed by atoms with Crippen LogP contribution in [0.25, 0.3) is 0 Å². The van der Waals surface area contributed by atoms with Crippen LogP contribution >= 0.6 is 8.09 Å². The van der Waals surface area contributed by atoms with Crippen LogP contribution < -0.4 is 10.4 Å². The molecule has 0 bridgehead atoms. The summed E-state index contributed by atoms with van der Waals surface area (Å²) >= 11 is 0. The average Bonchev–Trinajstić information content (AvgIpc) is 3.09. The molecule has 2 heterocycles. The van der Waals surface area contributed by atoms with Crippen molar-refractivity contribution in [3.05, 3.63) is 0 Å². The zero-order valence-corrected chi connectivity index (χ0v) is 20.1. The molecule has 10 nitrogen and oxygen atoms in total. The Balaban J connectivity index is 2.01. The Kier molecular flexibility index (Phi) is 9.85. The van der Waals surface area contributed by atoms with E-state index < -0.39 is 44.7 Å². The summed E-state index contributed by atoms with van der Waals surface area (Å²) in [7, 11) is -2.53. The van der Waals surface area contributed by atoms with Crippen LogP contribution in [0.5, 0.6) is 0 Å². The number of ether oxygens (including phenoxy) is 3. The molecule has 5 N–H and O–H groups in total. The van der Waals surface area contributed by atoms with Crippen molar-refractivity contribution >= 4 is 8.09 Å². The third-order valence-corrected chi connectivity index (χ3v) is 7.28. The number of aliphatic hydroxyl groups is 2. The molecule has 2 fully saturated rings. The van der Waals surface area contributed by atoms with E-state index in [2.05, 4.69) is 10.4 Å². The molecule has 0 aromatic carbocycles. The number of hydrogen-bond donors (Lipinski definition) is 5. The first kappa shape index (κ1) is 26.3. The molecular formula is C19H41N2O8P. The zero-order valence-electron chi connectivity index (χ0n) is 19.1. The Bertz CT molecular complexity index is 531. The maximum absolute atomic E-state index is 11.0. The molecule has 0 amide bonds. The second kappa shape index (κ2) is 11.2. The molecule has 11 heteroatoms. The normalized spacial score (nSPS) is 38.1. The van der Waals surface area contributed by atoms with Crippen molar-refractivity contribution in [1.82, 2.24) is 10.4 Å². The van der Waals surface area contributed by atoms with Crippen LogP contribution in [0.3, 0.4) is 0 Å². The number of nitrogens with one attached hydrogen (secondary N) is 2. The topological polar surface area (TPSA) is 131 Å². The molecule has 0 aromatic heterocycles. The Morgan fingerprint density at radius 2 is 1.47 bits per heavy atom. The third kappa shape index (κ3) is 6.76. The SMILES string of the molecule is CO[PH](O)(NC1C(O)[C@H](C)O[C@@H]1COC(C)C)OC[C@H]1O[C@@H](C)C(O)C1NC(C)C. The van der Waals surface area contributed by atoms with Gasteiger partial charge in [0.05, 0.1) is 0 Å². The molecule has 30 heavy (non-hydrogen) atoms. The molecule has 0 spiro atoms. The van der Waals surface area contributed by atoms with Crippen LogP contribution in [0, 0.1) is 0 Å². The minimum absolute atomic E-state index is 0.00965. The fraction of sp³-hybridized carbons (Fsp3) is 1.00. The van der Waals surface area contributed by atoms with Gasteiger partial charge in [-0.05, 0) is 0 Å². The predicted molar refractivity (Wildman–Crippen MR) is 114 cm³/mol. The summed E-state index contributed by atoms with van der Waals surface area (Å²) in [6.45, 7) is 11.6. The van der Waals surface area contributed by atoms with Gasteiger partial charge < -0.3 is 0 Å². The molecule has 2 saturated heterocycles. The summed E-state index contributed by atoms with van der Waals surface area (Å²) in [4.78, 5) is 11.0. The molecule has 2 rings (SSSR count). The Labute approximate surface area is 180 Å². The van der Waals surface area contributed by atoms with Gasteiger partial charge in [0.15, 0.2) is 0 Å². The van der Waals surface area contributed by atoms with Crippen LogP contribution in [0.15, 0.2) is 0 Å². The van der Waals surface area contributed by atoms with E-state index in [-0.39, 0.29) is 37.5 Å². The van der Waals surface area contributed by atoms with Gasteiger partial charge in [-0.25, -0.2) is 0 Å². The van der Waals surface area contributed by atoms with E-state index in [0.29, 0.717) is 0 Å². The van der Waals surface area contributed by atoms with Crippen molar-refractivity contribution in [3.63, 3.8) is 0 Å². The van der Waals surface area contributed by atoms with E-state index in [1.807, 2.05) is 27.7 Å². The molecule has 2 aliphatic heterocycles. The van der Waals surface area contributed by atoms with Gasteiger partial charge in [0.2, 0.25) is 0 Å². The molecule has 0 radical (unpaired) electrons. The van der Waals surface area contributed by atoms with Crippen molar-refractivity contribution in [2.24, 2.45) is 0 Å². The van der Waals surface area contributed by atoms with Crippen LogP contribution in [0.2, 0.25) is 0 Å². The van der Waals surface area contributed by atoms with Crippen LogP contribution in [0.4, 0.5) is 0 Å². The second-order valence-corrected chi connectivity index (χ2v) is 10.9. The van der Waals surface area contributed by atoms with E-state index >= 15 is 0 Å². The van der Waals surface area contributed by atoms with Gasteiger partial charge in [-0.3, -0.25) is 0 Å². The fourth-order valence-corrected chi connectivity index (χ4v) is 5.30. The first-order valence-corrected chi connectivity index (χ1v) is 12.5. The van der Waals surface area contributed by atoms with Crippen LogP contribution in [0.1, 0.15) is 41.5 Å². The van der Waals surface area contributed by atoms with Gasteiger partial charge in [0.1, 0.15) is 0 Å². The van der Waals surface area contributed by atoms with E-state index in [1.165, 1.54) is 7.11 Å². The van der Waals surface area contributed by atoms with E-state index in [0.717, 1.165) is 0 Å². The molecule has 8 atom stereocenters. The molecule has 0 aromatic rings. The summed E-state index contributed by atoms with van der Waals surface area (Å²) in [6.07, 6.45) is -3.24. The van der Waals surface area contributed by atoms with Crippen LogP contribution in [-0.2, 0) is 23.3 Å². The molecule has 0 saturated carbocycles. The third-order valence-electron chi connectivity index (χ3n) is 5.47. The zero-order chi connectivity index (χ0) is 22.6. The summed E-state index contributed by atoms with van der Waals surface area (Å²) in [5.41, 5.74) is 0. The summed E-state index contributed by atoms with van der Waals surface area (Å²) in [5.74, 6) is 0. The van der Waals surface area contributed by atoms with Crippen molar-refractivity contribution < 1.29 is 38.4 Å². The average molecular weight is 457 g/mol. The molecule has 2 aliphatic rings. The molecular weight excluding hydrogens is 415 g/mol. The summed E-state index contributed by atoms with van der Waals surface area (Å²) in [5, 5.41) is 27.2. The quantitative estimate of drug-likeness (QED) is 0.273. The maximum atomic E-state index is 11.0. The predicted octanol–water partition coefficient (Wildman–Crippen LogP) is 0.0978. The second-order valence-electron chi connectivity index (χ2n) is 8.74. The number of rotatable bonds is 11. The van der Waals surface area contributed by atoms with Crippen LogP contribution in [-0.4, -0.2) is 96.3 Å². The fourth-order valence-electron chi connectivity index (χ4n) is 3.81. The Morgan fingerprint density at radius 3 is 1.97 bits per heavy atom. The standard InChI is InChI=1S/C19H41N2O8P/c1-10(2)20-16-15(29-12(5)18(16)22)9-27-30(24,25-7)21-17-14(8-26-11(3)4)28-13(6)19(17)23/h10-24,30H,8-9H2,1-7H3/t12-,13-,14+,15+,16?,17?,18?,19?/m0/s1. The van der Waals surface area contributed by atoms with Gasteiger partial charge in [0.25, 0.3) is 0 Å². The molecule has 4 unspecified atom stereocenters. The first-order chi connectivity index (χ1) is 14.0. The Hall–Kier alpha value is 0.0300. The first-order valence-electron chi connectivity index (χ1n) is 10.7. The van der Waals surface area contributed by atoms with Crippen molar-refractivity contribution in [1.29, 1.82) is 0 Å². The monoisotopic (exact) mass is 456 g/mol. The van der Waals surface area contributed by atoms with E-state index in [1.54, 1.807) is 13.8 Å². The van der Waals surface area contributed by atoms with Gasteiger partial charge in [0, 0.05) is 0 Å². The molecule has 0 aliphatic carbocycles. The Morgan fingerprint density at radius 1 is 0.933 bits per heavy atom. The van der Waals surface area contributed by atoms with Gasteiger partial charge in [-0.2, -0.15) is 0 Å². The number of aliphatic hydroxyl groups excluding tert-OH is 2. The minimum atomic E-state index is -3.87. The van der Waals surface area contributed by atoms with E-state index in [4.69, 9.17) is 23.3 Å². The van der Waals surface area contributed by atoms with Crippen molar-refractivity contribution in [2.75, 3.05) is 20.3 Å². The summed E-state index contributed by atoms with van der Waals surface area (Å²) in [6, 6.07) is -0.802. The van der Waals surface area contributed by atoms with Gasteiger partial charge >= 0.3 is 180 Å². The summed E-state index contributed by atoms with van der Waals surface area (Å²) < 4.78 is 28.3. The van der Waals surface area contributed by atoms with Gasteiger partial charge in [-0.15, -0.1) is 0 Å². The van der Waals surface area contributed by atoms with E-state index in [9.17, 15) is 15.1 Å². The van der Waals surface area contributed by atoms with Crippen molar-refractivity contribution in [3.8, 4) is 0 Å². The van der Waals surface area contributed by atoms with Crippen molar-refractivity contribution in [2.45, 2.75) is 102 Å². The number of hydrogen-bond acceptors (Lipinski definition) is 10. The van der Waals surface area contributed by atoms with Gasteiger partial charge in [-0.1, -0.05) is 0 Å².